The minimum Gasteiger partial charge on any atom is -0.600 e. The predicted molar refractivity (Wildman–Crippen MR) is 302 cm³/mol. The van der Waals surface area contributed by atoms with Crippen LogP contribution in [-0.4, -0.2) is 231 Å². The highest BCUT2D eigenvalue weighted by atomic mass is 16.8. The number of benzene rings is 2. The van der Waals surface area contributed by atoms with Gasteiger partial charge in [-0.15, -0.1) is 0 Å². The van der Waals surface area contributed by atoms with Crippen LogP contribution in [0.4, 0.5) is 0 Å². The molecule has 502 valence electrons. The maximum absolute atomic E-state index is 15.1. The van der Waals surface area contributed by atoms with Crippen LogP contribution in [0.3, 0.4) is 0 Å². The fraction of sp³-hybridized carbons (Fsp3) is 0.733. The van der Waals surface area contributed by atoms with E-state index in [1.807, 2.05) is 4.90 Å². The van der Waals surface area contributed by atoms with Crippen LogP contribution in [0.5, 0.6) is 17.2 Å². The molecule has 2 unspecified atom stereocenters. The lowest BCUT2D eigenvalue weighted by molar-refractivity contribution is -1.09. The maximum atomic E-state index is 15.1. The number of likely N-dealkylation sites (N-methyl/N-ethyl adjacent to an activating group) is 2. The number of hydroxylamine groups is 4. The first-order valence-electron chi connectivity index (χ1n) is 30.3. The van der Waals surface area contributed by atoms with Crippen LogP contribution in [0.15, 0.2) is 12.1 Å². The molecule has 6 heterocycles. The number of carboxylic acids is 1. The van der Waals surface area contributed by atoms with E-state index in [-0.39, 0.29) is 84.6 Å². The van der Waals surface area contributed by atoms with Crippen LogP contribution in [-0.2, 0) is 73.7 Å². The fourth-order valence-corrected chi connectivity index (χ4v) is 14.8. The number of carbonyl (C=O) groups is 4. The zero-order chi connectivity index (χ0) is 66.0. The molecular weight excluding hydrogens is 1190 g/mol. The Bertz CT molecular complexity index is 3080. The van der Waals surface area contributed by atoms with Crippen molar-refractivity contribution < 1.29 is 128 Å². The Morgan fingerprint density at radius 2 is 1.32 bits per heavy atom. The molecule has 0 radical (unpaired) electrons. The number of aliphatic carboxylic acids is 1. The van der Waals surface area contributed by atoms with Gasteiger partial charge < -0.3 is 103 Å². The number of methoxy groups -OCH3 is 1. The molecule has 24 atom stereocenters. The molecule has 0 amide bonds. The number of hydrogen-bond donors (Lipinski definition) is 10. The number of fused-ring (bicyclic) bond motifs is 8. The van der Waals surface area contributed by atoms with E-state index >= 15 is 4.79 Å². The molecule has 5 fully saturated rings. The van der Waals surface area contributed by atoms with Gasteiger partial charge in [-0.2, -0.15) is 0 Å². The van der Waals surface area contributed by atoms with Crippen LogP contribution in [0.25, 0.3) is 0 Å². The standard InChI is InChI=1S/C60H86N4O26/c1-25-45(68)32(61(9)10)18-37(80-25)84-34-21-56(5,74)20-30-41(34)48(71)43-44(47(30)70)49(72)42-29(46(43)69)14-15-31-51(42)88-55-52(73)60(62(11)12,24-59(31,8)90-55)89-40-23-58(7,64(77)78)54(28(4)83-40)87-39-22-57(6,63(75)76)53(27(3)82-39)86-38-19-33(79-13)50(26(2)81-38)85-36(67)17-16-35(65)66/h14-15,25-28,32-34,37-40,45,50,52-55,63-64,68,70-71,73-75,77H,16-24H2,1-13H3,(H,65,66)/t25-,26+,27+,28-,32+,33-,34-,37-,38+,39-,40-,45+,50-,52-,53-,54-,55-,56-,57+,58-,59-,60+/m1/s1. The number of aliphatic hydroxyl groups excluding tert-OH is 2. The van der Waals surface area contributed by atoms with Crippen LogP contribution in [0, 0.1) is 10.4 Å². The highest BCUT2D eigenvalue weighted by Gasteiger charge is 2.65. The summed E-state index contributed by atoms with van der Waals surface area (Å²) < 4.78 is 75.0. The number of carboxylic acid groups (broad SMARTS) is 1. The summed E-state index contributed by atoms with van der Waals surface area (Å²) in [5.41, 5.74) is -9.73. The number of rotatable bonds is 17. The Kier molecular flexibility index (Phi) is 18.8. The zero-order valence-electron chi connectivity index (χ0n) is 52.7. The number of ether oxygens (including phenoxy) is 12. The first-order valence-corrected chi connectivity index (χ1v) is 30.3. The van der Waals surface area contributed by atoms with Gasteiger partial charge in [0, 0.05) is 67.5 Å². The minimum atomic E-state index is -1.84. The van der Waals surface area contributed by atoms with Crippen LogP contribution < -0.4 is 15.2 Å². The van der Waals surface area contributed by atoms with Crippen LogP contribution in [0.1, 0.15) is 161 Å². The molecule has 8 aliphatic rings. The average Bonchev–Trinajstić information content (AvgIpc) is 0.705. The predicted octanol–water partition coefficient (Wildman–Crippen LogP) is 0.0714. The van der Waals surface area contributed by atoms with Gasteiger partial charge in [-0.25, -0.2) is 20.9 Å². The van der Waals surface area contributed by atoms with E-state index in [0.29, 0.717) is 0 Å². The molecule has 10 rings (SSSR count). The zero-order valence-corrected chi connectivity index (χ0v) is 52.7. The fourth-order valence-electron chi connectivity index (χ4n) is 14.8. The number of ketones is 2. The first-order chi connectivity index (χ1) is 42.0. The second-order valence-corrected chi connectivity index (χ2v) is 26.8. The van der Waals surface area contributed by atoms with Gasteiger partial charge >= 0.3 is 11.9 Å². The van der Waals surface area contributed by atoms with Crippen molar-refractivity contribution in [3.8, 4) is 17.2 Å². The van der Waals surface area contributed by atoms with Gasteiger partial charge in [-0.3, -0.25) is 24.1 Å². The van der Waals surface area contributed by atoms with Crippen molar-refractivity contribution in [1.29, 1.82) is 0 Å². The van der Waals surface area contributed by atoms with Gasteiger partial charge in [0.2, 0.25) is 12.1 Å². The summed E-state index contributed by atoms with van der Waals surface area (Å²) in [6.07, 6.45) is -19.8. The van der Waals surface area contributed by atoms with Crippen molar-refractivity contribution in [2.75, 3.05) is 35.3 Å². The summed E-state index contributed by atoms with van der Waals surface area (Å²) in [5, 5.41) is 115. The Morgan fingerprint density at radius 3 is 1.92 bits per heavy atom. The molecule has 2 aromatic rings. The molecule has 30 heteroatoms. The van der Waals surface area contributed by atoms with E-state index < -0.39 is 196 Å². The average molecular weight is 1280 g/mol. The molecule has 6 aliphatic heterocycles. The van der Waals surface area contributed by atoms with E-state index in [9.17, 15) is 60.7 Å². The molecule has 2 aromatic carbocycles. The van der Waals surface area contributed by atoms with Gasteiger partial charge in [0.05, 0.1) is 84.6 Å². The monoisotopic (exact) mass is 1280 g/mol. The Hall–Kier alpha value is -4.72. The number of nitrogens with one attached hydrogen (secondary N) is 2. The van der Waals surface area contributed by atoms with Crippen LogP contribution in [0.2, 0.25) is 0 Å². The highest BCUT2D eigenvalue weighted by molar-refractivity contribution is 6.31. The molecule has 0 saturated carbocycles. The Labute approximate surface area is 519 Å². The van der Waals surface area contributed by atoms with Crippen LogP contribution >= 0.6 is 0 Å². The molecule has 5 saturated heterocycles. The third-order valence-electron chi connectivity index (χ3n) is 19.7. The molecule has 2 aliphatic carbocycles. The number of phenols is 2. The summed E-state index contributed by atoms with van der Waals surface area (Å²) in [6, 6.07) is 2.51. The van der Waals surface area contributed by atoms with Gasteiger partial charge in [0.1, 0.15) is 41.2 Å². The lowest BCUT2D eigenvalue weighted by Gasteiger charge is -2.58. The molecule has 0 aromatic heterocycles. The van der Waals surface area contributed by atoms with Gasteiger partial charge in [-0.05, 0) is 89.6 Å². The lowest BCUT2D eigenvalue weighted by Crippen LogP contribution is -3.17. The lowest BCUT2D eigenvalue weighted by atomic mass is 9.72. The normalized spacial score (nSPS) is 41.5. The number of aromatic hydroxyl groups is 2. The quantitative estimate of drug-likeness (QED) is 0.0370. The third kappa shape index (κ3) is 11.9. The van der Waals surface area contributed by atoms with E-state index in [1.165, 1.54) is 40.0 Å². The summed E-state index contributed by atoms with van der Waals surface area (Å²) in [5.74, 6) is -5.12. The maximum Gasteiger partial charge on any atom is 0.306 e. The van der Waals surface area contributed by atoms with Crippen molar-refractivity contribution >= 4 is 23.5 Å². The van der Waals surface area contributed by atoms with Gasteiger partial charge in [0.25, 0.3) is 0 Å². The van der Waals surface area contributed by atoms with Crippen molar-refractivity contribution in [2.45, 2.75) is 246 Å². The number of aliphatic hydroxyl groups is 3. The van der Waals surface area contributed by atoms with Crippen molar-refractivity contribution in [3.05, 3.63) is 61.5 Å². The number of hydrogen-bond acceptors (Lipinski definition) is 27. The topological polar surface area (TPSA) is 402 Å². The van der Waals surface area contributed by atoms with E-state index in [2.05, 4.69) is 0 Å². The number of quaternary nitrogens is 2. The number of esters is 1. The number of nitrogens with zero attached hydrogens (tertiary/aromatic N) is 2. The summed E-state index contributed by atoms with van der Waals surface area (Å²) in [6.45, 7) is 12.5. The Balaban J connectivity index is 0.867. The van der Waals surface area contributed by atoms with Gasteiger partial charge in [-0.1, -0.05) is 6.07 Å². The summed E-state index contributed by atoms with van der Waals surface area (Å²) in [4.78, 5) is 56.9. The van der Waals surface area contributed by atoms with E-state index in [0.717, 1.165) is 0 Å². The third-order valence-corrected chi connectivity index (χ3v) is 19.7. The second kappa shape index (κ2) is 24.9. The largest absolute Gasteiger partial charge is 0.600 e. The molecule has 10 N–H and O–H groups in total. The van der Waals surface area contributed by atoms with Crippen molar-refractivity contribution in [3.63, 3.8) is 0 Å². The SMILES string of the molecule is CO[C@@H]1C[C@H](O[C@@H]2[C@H](C)O[C@H](O[C@@H]3[C@@H](C)O[C@H](O[C@@]4(N(C)C)C[C@@]5(C)O[C@@H](Oc6c5ccc5c6C(=O)c6c(O)c7c(c(O)c6C5=O)[C@H](O[C@@H]5C[C@H](N(C)C)[C@@H](O)[C@@H](C)O5)C[C@](C)(O)C7)[C@H]4O)C[C@@]3(C)[NH+]([O-])O)C[C@]2(C)[NH+]([O-])O)O[C@@H](C)[C@H]1OC(=O)CCC(=O)O. The van der Waals surface area contributed by atoms with E-state index in [4.69, 9.17) is 61.9 Å². The summed E-state index contributed by atoms with van der Waals surface area (Å²) in [7, 11) is 8.21. The molecule has 0 spiro atoms. The highest BCUT2D eigenvalue weighted by Crippen LogP contribution is 2.57. The molecule has 30 nitrogen and oxygen atoms in total. The summed E-state index contributed by atoms with van der Waals surface area (Å²) >= 11 is 0. The molecule has 90 heavy (non-hydrogen) atoms. The second-order valence-electron chi connectivity index (χ2n) is 26.8. The van der Waals surface area contributed by atoms with E-state index in [1.54, 1.807) is 67.7 Å². The smallest absolute Gasteiger partial charge is 0.306 e. The minimum absolute atomic E-state index is 0.000393. The Morgan fingerprint density at radius 1 is 0.744 bits per heavy atom. The van der Waals surface area contributed by atoms with Crippen molar-refractivity contribution in [2.24, 2.45) is 0 Å². The number of phenolic OH excluding ortho intramolecular Hbond substituents is 2. The molecular formula is C60H86N4O26. The number of carbonyl (C=O) groups excluding carboxylic acids is 3. The molecule has 2 bridgehead atoms. The first kappa shape index (κ1) is 68.1. The van der Waals surface area contributed by atoms with Gasteiger partial charge in [0.15, 0.2) is 60.0 Å². The van der Waals surface area contributed by atoms with Crippen molar-refractivity contribution in [1.82, 2.24) is 9.80 Å².